The molecule has 3 heterocycles. The zero-order chi connectivity index (χ0) is 30.6. The smallest absolute Gasteiger partial charge is 0.418 e. The second-order valence-electron chi connectivity index (χ2n) is 12.8. The quantitative estimate of drug-likeness (QED) is 0.259. The van der Waals surface area contributed by atoms with Gasteiger partial charge in [-0.1, -0.05) is 18.5 Å². The Morgan fingerprint density at radius 1 is 1.12 bits per heavy atom. The molecular formula is C30H34ClF4N3O4. The van der Waals surface area contributed by atoms with Crippen LogP contribution in [0.2, 0.25) is 5.02 Å². The molecule has 0 N–H and O–H groups in total. The molecule has 7 nitrogen and oxygen atoms in total. The number of carbonyl (C=O) groups excluding carboxylic acids is 2. The number of ether oxygens (including phenoxy) is 2. The minimum absolute atomic E-state index is 0.102. The predicted molar refractivity (Wildman–Crippen MR) is 148 cm³/mol. The molecule has 228 valence electrons. The van der Waals surface area contributed by atoms with Crippen molar-refractivity contribution < 1.29 is 36.6 Å². The third-order valence-electron chi connectivity index (χ3n) is 7.73. The summed E-state index contributed by atoms with van der Waals surface area (Å²) in [5, 5.41) is -0.459. The molecule has 2 aromatic rings. The Labute approximate surface area is 247 Å². The van der Waals surface area contributed by atoms with E-state index in [-0.39, 0.29) is 23.9 Å². The molecule has 12 heteroatoms. The molecule has 1 saturated carbocycles. The first-order chi connectivity index (χ1) is 19.5. The number of esters is 1. The third-order valence-corrected chi connectivity index (χ3v) is 8.03. The van der Waals surface area contributed by atoms with Gasteiger partial charge in [0.1, 0.15) is 29.0 Å². The number of benzene rings is 1. The number of carbonyl (C=O) groups is 2. The Morgan fingerprint density at radius 2 is 1.81 bits per heavy atom. The Bertz CT molecular complexity index is 1380. The molecule has 1 amide bonds. The van der Waals surface area contributed by atoms with Crippen LogP contribution in [0.4, 0.5) is 23.4 Å². The van der Waals surface area contributed by atoms with Crippen molar-refractivity contribution in [3.05, 3.63) is 51.9 Å². The van der Waals surface area contributed by atoms with E-state index in [0.717, 1.165) is 30.7 Å². The van der Waals surface area contributed by atoms with Crippen LogP contribution in [-0.4, -0.2) is 59.6 Å². The zero-order valence-electron chi connectivity index (χ0n) is 24.0. The van der Waals surface area contributed by atoms with E-state index >= 15 is 4.39 Å². The fraction of sp³-hybridized carbons (Fsp3) is 0.567. The SMILES string of the molecule is CC1(COc2cc(F)c(C(=O)N3CCC[C@H]3C(=O)OC(C)(C)C)cc2C2CC2)CN(c2cc(C(F)(F)F)c(Cl)cn2)C1. The molecule has 5 rings (SSSR count). The van der Waals surface area contributed by atoms with E-state index in [1.54, 1.807) is 31.7 Å². The highest BCUT2D eigenvalue weighted by atomic mass is 35.5. The van der Waals surface area contributed by atoms with Gasteiger partial charge in [0.25, 0.3) is 5.91 Å². The standard InChI is InChI=1S/C30H34ClF4N3O4/c1-28(2,3)42-27(40)23-6-5-9-38(23)26(39)19-10-18(17-7-8-17)24(12-22(19)32)41-16-29(4)14-37(15-29)25-11-20(30(33,34)35)21(31)13-36-25/h10-13,17,23H,5-9,14-16H2,1-4H3/t23-/m0/s1. The van der Waals surface area contributed by atoms with Crippen molar-refractivity contribution in [2.24, 2.45) is 5.41 Å². The summed E-state index contributed by atoms with van der Waals surface area (Å²) in [6, 6.07) is 2.95. The Kier molecular flexibility index (Phi) is 7.87. The summed E-state index contributed by atoms with van der Waals surface area (Å²) in [5.74, 6) is -1.13. The van der Waals surface area contributed by atoms with Gasteiger partial charge < -0.3 is 19.3 Å². The van der Waals surface area contributed by atoms with Crippen LogP contribution in [0.25, 0.3) is 0 Å². The van der Waals surface area contributed by atoms with Crippen molar-refractivity contribution in [1.29, 1.82) is 0 Å². The van der Waals surface area contributed by atoms with E-state index in [9.17, 15) is 22.8 Å². The summed E-state index contributed by atoms with van der Waals surface area (Å²) < 4.78 is 66.8. The van der Waals surface area contributed by atoms with Gasteiger partial charge >= 0.3 is 12.1 Å². The van der Waals surface area contributed by atoms with Crippen LogP contribution in [-0.2, 0) is 15.7 Å². The van der Waals surface area contributed by atoms with Crippen LogP contribution in [0.1, 0.15) is 80.8 Å². The van der Waals surface area contributed by atoms with E-state index in [2.05, 4.69) is 4.98 Å². The molecule has 0 spiro atoms. The maximum atomic E-state index is 15.4. The third kappa shape index (κ3) is 6.45. The number of hydrogen-bond acceptors (Lipinski definition) is 6. The fourth-order valence-corrected chi connectivity index (χ4v) is 5.76. The van der Waals surface area contributed by atoms with E-state index < -0.39 is 51.5 Å². The molecule has 1 aromatic carbocycles. The van der Waals surface area contributed by atoms with Gasteiger partial charge in [0.05, 0.1) is 22.8 Å². The van der Waals surface area contributed by atoms with Gasteiger partial charge in [-0.3, -0.25) is 4.79 Å². The van der Waals surface area contributed by atoms with Gasteiger partial charge in [0.15, 0.2) is 0 Å². The van der Waals surface area contributed by atoms with E-state index in [0.29, 0.717) is 38.2 Å². The summed E-state index contributed by atoms with van der Waals surface area (Å²) in [4.78, 5) is 33.3. The molecule has 1 aliphatic carbocycles. The van der Waals surface area contributed by atoms with Crippen LogP contribution in [0.15, 0.2) is 24.4 Å². The zero-order valence-corrected chi connectivity index (χ0v) is 24.7. The minimum Gasteiger partial charge on any atom is -0.492 e. The number of hydrogen-bond donors (Lipinski definition) is 0. The normalized spacial score (nSPS) is 20.4. The summed E-state index contributed by atoms with van der Waals surface area (Å²) >= 11 is 5.69. The van der Waals surface area contributed by atoms with Crippen LogP contribution in [0, 0.1) is 11.2 Å². The Balaban J connectivity index is 1.28. The first kappa shape index (κ1) is 30.4. The summed E-state index contributed by atoms with van der Waals surface area (Å²) in [7, 11) is 0. The number of likely N-dealkylation sites (tertiary alicyclic amines) is 1. The number of rotatable bonds is 7. The number of nitrogens with zero attached hydrogens (tertiary/aromatic N) is 3. The molecular weight excluding hydrogens is 578 g/mol. The lowest BCUT2D eigenvalue weighted by Gasteiger charge is -2.48. The molecule has 0 radical (unpaired) electrons. The number of alkyl halides is 3. The van der Waals surface area contributed by atoms with Gasteiger partial charge in [-0.2, -0.15) is 13.2 Å². The van der Waals surface area contributed by atoms with Crippen molar-refractivity contribution in [1.82, 2.24) is 9.88 Å². The van der Waals surface area contributed by atoms with E-state index in [1.807, 2.05) is 6.92 Å². The van der Waals surface area contributed by atoms with Gasteiger partial charge in [-0.25, -0.2) is 14.2 Å². The van der Waals surface area contributed by atoms with Gasteiger partial charge in [0, 0.05) is 37.3 Å². The molecule has 1 atom stereocenters. The first-order valence-corrected chi connectivity index (χ1v) is 14.4. The Morgan fingerprint density at radius 3 is 2.43 bits per heavy atom. The maximum Gasteiger partial charge on any atom is 0.418 e. The van der Waals surface area contributed by atoms with Crippen molar-refractivity contribution in [2.75, 3.05) is 31.1 Å². The van der Waals surface area contributed by atoms with E-state index in [1.165, 1.54) is 11.0 Å². The fourth-order valence-electron chi connectivity index (χ4n) is 5.55. The summed E-state index contributed by atoms with van der Waals surface area (Å²) in [6.45, 7) is 8.50. The molecule has 3 fully saturated rings. The average molecular weight is 612 g/mol. The molecule has 1 aromatic heterocycles. The van der Waals surface area contributed by atoms with Gasteiger partial charge in [-0.05, 0) is 70.1 Å². The van der Waals surface area contributed by atoms with E-state index in [4.69, 9.17) is 21.1 Å². The molecule has 0 unspecified atom stereocenters. The average Bonchev–Trinajstić information content (AvgIpc) is 3.59. The van der Waals surface area contributed by atoms with Gasteiger partial charge in [-0.15, -0.1) is 0 Å². The number of aromatic nitrogens is 1. The Hall–Kier alpha value is -3.08. The maximum absolute atomic E-state index is 15.4. The second kappa shape index (κ2) is 10.9. The molecule has 3 aliphatic rings. The summed E-state index contributed by atoms with van der Waals surface area (Å²) in [5.41, 5.74) is -1.42. The van der Waals surface area contributed by atoms with Crippen molar-refractivity contribution >= 4 is 29.3 Å². The number of amides is 1. The molecule has 2 aliphatic heterocycles. The van der Waals surface area contributed by atoms with Gasteiger partial charge in [0.2, 0.25) is 0 Å². The topological polar surface area (TPSA) is 72.0 Å². The lowest BCUT2D eigenvalue weighted by molar-refractivity contribution is -0.159. The number of halogens is 5. The second-order valence-corrected chi connectivity index (χ2v) is 13.2. The highest BCUT2D eigenvalue weighted by Crippen LogP contribution is 2.46. The van der Waals surface area contributed by atoms with Crippen molar-refractivity contribution in [3.8, 4) is 5.75 Å². The predicted octanol–water partition coefficient (Wildman–Crippen LogP) is 6.62. The molecule has 2 saturated heterocycles. The highest BCUT2D eigenvalue weighted by Gasteiger charge is 2.43. The number of pyridine rings is 1. The van der Waals surface area contributed by atoms with Crippen LogP contribution in [0.5, 0.6) is 5.75 Å². The molecule has 0 bridgehead atoms. The van der Waals surface area contributed by atoms with Crippen molar-refractivity contribution in [2.45, 2.75) is 77.1 Å². The monoisotopic (exact) mass is 611 g/mol. The highest BCUT2D eigenvalue weighted by molar-refractivity contribution is 6.31. The summed E-state index contributed by atoms with van der Waals surface area (Å²) in [6.07, 6.45) is -0.751. The van der Waals surface area contributed by atoms with Crippen molar-refractivity contribution in [3.63, 3.8) is 0 Å². The van der Waals surface area contributed by atoms with Crippen LogP contribution < -0.4 is 9.64 Å². The number of anilines is 1. The van der Waals surface area contributed by atoms with Crippen LogP contribution >= 0.6 is 11.6 Å². The lowest BCUT2D eigenvalue weighted by Crippen LogP contribution is -2.58. The largest absolute Gasteiger partial charge is 0.492 e. The minimum atomic E-state index is -4.59. The lowest BCUT2D eigenvalue weighted by atomic mass is 9.82. The van der Waals surface area contributed by atoms with Crippen LogP contribution in [0.3, 0.4) is 0 Å². The molecule has 42 heavy (non-hydrogen) atoms. The first-order valence-electron chi connectivity index (χ1n) is 14.0.